The largest absolute Gasteiger partial charge is 0.469 e. The second-order valence-electron chi connectivity index (χ2n) is 3.71. The zero-order valence-electron chi connectivity index (χ0n) is 10.3. The number of nitrogens with two attached hydrogens (primary N) is 1. The van der Waals surface area contributed by atoms with E-state index in [0.29, 0.717) is 24.4 Å². The predicted octanol–water partition coefficient (Wildman–Crippen LogP) is 0.319. The van der Waals surface area contributed by atoms with Crippen molar-refractivity contribution < 1.29 is 14.3 Å². The Labute approximate surface area is 109 Å². The van der Waals surface area contributed by atoms with Gasteiger partial charge in [-0.2, -0.15) is 0 Å². The molecular weight excluding hydrogens is 256 g/mol. The molecule has 0 aromatic carbocycles. The van der Waals surface area contributed by atoms with Crippen LogP contribution in [0.5, 0.6) is 0 Å². The van der Waals surface area contributed by atoms with Crippen molar-refractivity contribution in [3.8, 4) is 0 Å². The first-order valence-corrected chi connectivity index (χ1v) is 6.30. The lowest BCUT2D eigenvalue weighted by Crippen LogP contribution is -2.32. The van der Waals surface area contributed by atoms with Crippen molar-refractivity contribution in [1.82, 2.24) is 10.2 Å². The maximum atomic E-state index is 11.3. The Bertz CT molecular complexity index is 419. The minimum absolute atomic E-state index is 0.245. The lowest BCUT2D eigenvalue weighted by molar-refractivity contribution is -0.140. The zero-order chi connectivity index (χ0) is 13.5. The van der Waals surface area contributed by atoms with Gasteiger partial charge in [0.15, 0.2) is 0 Å². The summed E-state index contributed by atoms with van der Waals surface area (Å²) in [6.45, 7) is 1.59. The summed E-state index contributed by atoms with van der Waals surface area (Å²) in [7, 11) is 1.36. The maximum Gasteiger partial charge on any atom is 0.305 e. The van der Waals surface area contributed by atoms with Gasteiger partial charge in [-0.05, 0) is 13.3 Å². The lowest BCUT2D eigenvalue weighted by atomic mass is 10.2. The number of ether oxygens (including phenoxy) is 1. The van der Waals surface area contributed by atoms with Crippen LogP contribution in [0.25, 0.3) is 0 Å². The molecule has 0 bridgehead atoms. The molecule has 0 aliphatic heterocycles. The van der Waals surface area contributed by atoms with Crippen molar-refractivity contribution in [1.29, 1.82) is 0 Å². The standard InChI is InChI=1S/C10H16N4O3S/c1-6(11)9(16)12-10-14-13-7(18-10)4-3-5-8(15)17-2/h6H,3-5,11H2,1-2H3,(H,12,14,16)/t6-/m0/s1. The van der Waals surface area contributed by atoms with E-state index in [0.717, 1.165) is 5.01 Å². The first-order chi connectivity index (χ1) is 8.52. The molecule has 18 heavy (non-hydrogen) atoms. The fraction of sp³-hybridized carbons (Fsp3) is 0.600. The second-order valence-corrected chi connectivity index (χ2v) is 4.77. The third-order valence-corrected chi connectivity index (χ3v) is 3.01. The van der Waals surface area contributed by atoms with Crippen molar-refractivity contribution in [2.45, 2.75) is 32.2 Å². The van der Waals surface area contributed by atoms with E-state index in [-0.39, 0.29) is 11.9 Å². The number of aryl methyl sites for hydroxylation is 1. The Balaban J connectivity index is 2.39. The van der Waals surface area contributed by atoms with Gasteiger partial charge in [-0.3, -0.25) is 14.9 Å². The average Bonchev–Trinajstić information content (AvgIpc) is 2.76. The molecule has 8 heteroatoms. The van der Waals surface area contributed by atoms with Crippen LogP contribution in [0.3, 0.4) is 0 Å². The molecule has 1 atom stereocenters. The molecule has 7 nitrogen and oxygen atoms in total. The van der Waals surface area contributed by atoms with Gasteiger partial charge in [0, 0.05) is 12.8 Å². The topological polar surface area (TPSA) is 107 Å². The highest BCUT2D eigenvalue weighted by atomic mass is 32.1. The van der Waals surface area contributed by atoms with Crippen molar-refractivity contribution in [2.24, 2.45) is 5.73 Å². The van der Waals surface area contributed by atoms with E-state index in [1.54, 1.807) is 6.92 Å². The van der Waals surface area contributed by atoms with Gasteiger partial charge in [0.1, 0.15) is 5.01 Å². The smallest absolute Gasteiger partial charge is 0.305 e. The molecule has 0 radical (unpaired) electrons. The van der Waals surface area contributed by atoms with Gasteiger partial charge < -0.3 is 10.5 Å². The van der Waals surface area contributed by atoms with E-state index in [1.165, 1.54) is 18.4 Å². The number of methoxy groups -OCH3 is 1. The summed E-state index contributed by atoms with van der Waals surface area (Å²) in [6.07, 6.45) is 1.61. The number of nitrogens with one attached hydrogen (secondary N) is 1. The molecule has 1 amide bonds. The second kappa shape index (κ2) is 7.02. The van der Waals surface area contributed by atoms with Crippen LogP contribution in [0, 0.1) is 0 Å². The number of hydrogen-bond donors (Lipinski definition) is 2. The Kier molecular flexibility index (Phi) is 5.66. The van der Waals surface area contributed by atoms with E-state index in [9.17, 15) is 9.59 Å². The van der Waals surface area contributed by atoms with E-state index in [2.05, 4.69) is 20.3 Å². The number of anilines is 1. The van der Waals surface area contributed by atoms with Crippen molar-refractivity contribution in [2.75, 3.05) is 12.4 Å². The summed E-state index contributed by atoms with van der Waals surface area (Å²) in [5.41, 5.74) is 5.41. The van der Waals surface area contributed by atoms with E-state index in [4.69, 9.17) is 5.73 Å². The first kappa shape index (κ1) is 14.5. The molecule has 100 valence electrons. The maximum absolute atomic E-state index is 11.3. The molecule has 1 heterocycles. The highest BCUT2D eigenvalue weighted by Gasteiger charge is 2.11. The normalized spacial score (nSPS) is 11.9. The van der Waals surface area contributed by atoms with Crippen LogP contribution in [0.4, 0.5) is 5.13 Å². The number of amides is 1. The molecular formula is C10H16N4O3S. The molecule has 0 fully saturated rings. The fourth-order valence-electron chi connectivity index (χ4n) is 1.11. The summed E-state index contributed by atoms with van der Waals surface area (Å²) in [5, 5.41) is 11.5. The van der Waals surface area contributed by atoms with Gasteiger partial charge in [-0.25, -0.2) is 0 Å². The SMILES string of the molecule is COC(=O)CCCc1nnc(NC(=O)[C@H](C)N)s1. The van der Waals surface area contributed by atoms with Gasteiger partial charge in [-0.1, -0.05) is 11.3 Å². The fourth-order valence-corrected chi connectivity index (χ4v) is 1.89. The molecule has 0 unspecified atom stereocenters. The van der Waals surface area contributed by atoms with E-state index in [1.807, 2.05) is 0 Å². The molecule has 3 N–H and O–H groups in total. The van der Waals surface area contributed by atoms with Gasteiger partial charge in [-0.15, -0.1) is 10.2 Å². The molecule has 1 aromatic rings. The highest BCUT2D eigenvalue weighted by Crippen LogP contribution is 2.17. The zero-order valence-corrected chi connectivity index (χ0v) is 11.1. The third kappa shape index (κ3) is 4.76. The van der Waals surface area contributed by atoms with Crippen LogP contribution in [0.15, 0.2) is 0 Å². The summed E-state index contributed by atoms with van der Waals surface area (Å²) in [6, 6.07) is -0.586. The first-order valence-electron chi connectivity index (χ1n) is 5.48. The molecule has 0 aliphatic carbocycles. The number of carbonyl (C=O) groups excluding carboxylic acids is 2. The number of esters is 1. The minimum Gasteiger partial charge on any atom is -0.469 e. The number of hydrogen-bond acceptors (Lipinski definition) is 7. The van der Waals surface area contributed by atoms with Crippen LogP contribution < -0.4 is 11.1 Å². The Morgan fingerprint density at radius 3 is 2.83 bits per heavy atom. The number of aromatic nitrogens is 2. The molecule has 0 spiro atoms. The molecule has 1 aromatic heterocycles. The third-order valence-electron chi connectivity index (χ3n) is 2.11. The molecule has 0 aliphatic rings. The summed E-state index contributed by atoms with van der Waals surface area (Å²) in [5.74, 6) is -0.544. The summed E-state index contributed by atoms with van der Waals surface area (Å²) in [4.78, 5) is 22.2. The van der Waals surface area contributed by atoms with Gasteiger partial charge in [0.2, 0.25) is 11.0 Å². The lowest BCUT2D eigenvalue weighted by Gasteiger charge is -2.02. The van der Waals surface area contributed by atoms with Gasteiger partial charge in [0.25, 0.3) is 0 Å². The van der Waals surface area contributed by atoms with Crippen LogP contribution in [0.1, 0.15) is 24.8 Å². The average molecular weight is 272 g/mol. The van der Waals surface area contributed by atoms with Crippen LogP contribution >= 0.6 is 11.3 Å². The quantitative estimate of drug-likeness (QED) is 0.722. The predicted molar refractivity (Wildman–Crippen MR) is 67.1 cm³/mol. The highest BCUT2D eigenvalue weighted by molar-refractivity contribution is 7.15. The Morgan fingerprint density at radius 1 is 1.50 bits per heavy atom. The minimum atomic E-state index is -0.586. The summed E-state index contributed by atoms with van der Waals surface area (Å²) >= 11 is 1.28. The van der Waals surface area contributed by atoms with Crippen LogP contribution in [-0.2, 0) is 20.7 Å². The number of rotatable bonds is 6. The van der Waals surface area contributed by atoms with Crippen molar-refractivity contribution in [3.05, 3.63) is 5.01 Å². The van der Waals surface area contributed by atoms with Crippen LogP contribution in [0.2, 0.25) is 0 Å². The monoisotopic (exact) mass is 272 g/mol. The van der Waals surface area contributed by atoms with Crippen molar-refractivity contribution in [3.63, 3.8) is 0 Å². The van der Waals surface area contributed by atoms with Crippen molar-refractivity contribution >= 4 is 28.3 Å². The Hall–Kier alpha value is -1.54. The van der Waals surface area contributed by atoms with Crippen LogP contribution in [-0.4, -0.2) is 35.2 Å². The van der Waals surface area contributed by atoms with Gasteiger partial charge in [0.05, 0.1) is 13.2 Å². The van der Waals surface area contributed by atoms with E-state index < -0.39 is 6.04 Å². The molecule has 0 saturated carbocycles. The number of carbonyl (C=O) groups is 2. The van der Waals surface area contributed by atoms with Gasteiger partial charge >= 0.3 is 5.97 Å². The number of nitrogens with zero attached hydrogens (tertiary/aromatic N) is 2. The van der Waals surface area contributed by atoms with E-state index >= 15 is 0 Å². The Morgan fingerprint density at radius 2 is 2.22 bits per heavy atom. The summed E-state index contributed by atoms with van der Waals surface area (Å²) < 4.78 is 4.53. The molecule has 0 saturated heterocycles. The molecule has 1 rings (SSSR count).